The van der Waals surface area contributed by atoms with Crippen molar-refractivity contribution in [1.82, 2.24) is 19.9 Å². The van der Waals surface area contributed by atoms with Crippen LogP contribution < -0.4 is 0 Å². The van der Waals surface area contributed by atoms with Gasteiger partial charge in [-0.2, -0.15) is 4.98 Å². The maximum atomic E-state index is 12.9. The van der Waals surface area contributed by atoms with Crippen molar-refractivity contribution in [3.8, 4) is 11.5 Å². The second-order valence-corrected chi connectivity index (χ2v) is 8.58. The van der Waals surface area contributed by atoms with Crippen LogP contribution in [0.2, 0.25) is 0 Å². The lowest BCUT2D eigenvalue weighted by atomic mass is 10.1. The summed E-state index contributed by atoms with van der Waals surface area (Å²) in [5, 5.41) is 3.96. The molecule has 2 amide bonds. The molecular weight excluding hydrogens is 460 g/mol. The molecule has 1 aliphatic rings. The van der Waals surface area contributed by atoms with E-state index in [0.29, 0.717) is 36.9 Å². The minimum atomic E-state index is -0.0920. The molecule has 2 heterocycles. The molecule has 0 N–H and O–H groups in total. The van der Waals surface area contributed by atoms with Gasteiger partial charge in [0.15, 0.2) is 5.82 Å². The number of hydrogen-bond donors (Lipinski definition) is 0. The summed E-state index contributed by atoms with van der Waals surface area (Å²) in [6.45, 7) is 5.39. The van der Waals surface area contributed by atoms with Crippen LogP contribution in [0.5, 0.6) is 0 Å². The van der Waals surface area contributed by atoms with Gasteiger partial charge in [0.2, 0.25) is 5.91 Å². The number of carbonyl (C=O) groups is 2. The van der Waals surface area contributed by atoms with Gasteiger partial charge in [0.25, 0.3) is 11.8 Å². The normalized spacial score (nSPS) is 16.4. The second kappa shape index (κ2) is 9.01. The van der Waals surface area contributed by atoms with E-state index in [9.17, 15) is 9.59 Å². The third-order valence-electron chi connectivity index (χ3n) is 5.42. The predicted octanol–water partition coefficient (Wildman–Crippen LogP) is 3.72. The molecule has 1 aliphatic heterocycles. The summed E-state index contributed by atoms with van der Waals surface area (Å²) in [7, 11) is 0. The van der Waals surface area contributed by atoms with Gasteiger partial charge in [-0.1, -0.05) is 35.0 Å². The highest BCUT2D eigenvalue weighted by Crippen LogP contribution is 2.22. The van der Waals surface area contributed by atoms with Gasteiger partial charge in [0, 0.05) is 35.7 Å². The van der Waals surface area contributed by atoms with Crippen molar-refractivity contribution in [1.29, 1.82) is 0 Å². The average molecular weight is 483 g/mol. The summed E-state index contributed by atoms with van der Waals surface area (Å²) < 4.78 is 6.09. The Morgan fingerprint density at radius 1 is 1.13 bits per heavy atom. The lowest BCUT2D eigenvalue weighted by molar-refractivity contribution is -0.133. The maximum Gasteiger partial charge on any atom is 0.257 e. The van der Waals surface area contributed by atoms with E-state index >= 15 is 0 Å². The van der Waals surface area contributed by atoms with Crippen molar-refractivity contribution in [2.75, 3.05) is 19.6 Å². The van der Waals surface area contributed by atoms with Crippen molar-refractivity contribution in [2.24, 2.45) is 0 Å². The Morgan fingerprint density at radius 2 is 1.87 bits per heavy atom. The molecule has 31 heavy (non-hydrogen) atoms. The molecule has 4 rings (SSSR count). The number of aromatic nitrogens is 2. The van der Waals surface area contributed by atoms with Crippen molar-refractivity contribution in [2.45, 2.75) is 26.3 Å². The van der Waals surface area contributed by atoms with Crippen LogP contribution in [0.1, 0.15) is 28.7 Å². The number of benzene rings is 2. The molecule has 1 atom stereocenters. The number of halogens is 1. The lowest BCUT2D eigenvalue weighted by Crippen LogP contribution is -2.55. The van der Waals surface area contributed by atoms with Gasteiger partial charge in [-0.05, 0) is 54.0 Å². The smallest absolute Gasteiger partial charge is 0.257 e. The Morgan fingerprint density at radius 3 is 2.58 bits per heavy atom. The minimum absolute atomic E-state index is 0.0343. The zero-order valence-corrected chi connectivity index (χ0v) is 19.0. The van der Waals surface area contributed by atoms with E-state index in [1.165, 1.54) is 0 Å². The van der Waals surface area contributed by atoms with Gasteiger partial charge in [0.05, 0.1) is 12.0 Å². The fourth-order valence-electron chi connectivity index (χ4n) is 3.66. The largest absolute Gasteiger partial charge is 0.338 e. The molecule has 0 bridgehead atoms. The molecule has 1 fully saturated rings. The summed E-state index contributed by atoms with van der Waals surface area (Å²) in [5.41, 5.74) is 2.60. The lowest BCUT2D eigenvalue weighted by Gasteiger charge is -2.40. The van der Waals surface area contributed by atoms with Crippen molar-refractivity contribution >= 4 is 27.7 Å². The first-order valence-corrected chi connectivity index (χ1v) is 10.9. The first-order chi connectivity index (χ1) is 14.9. The SMILES string of the molecule is Cc1ccc(-c2nc(CC(=O)N3CCN(C(=O)c4ccccc4Br)[C@@H](C)C3)no2)cc1. The molecule has 1 saturated heterocycles. The zero-order chi connectivity index (χ0) is 22.0. The van der Waals surface area contributed by atoms with Gasteiger partial charge in [0.1, 0.15) is 0 Å². The molecule has 0 radical (unpaired) electrons. The van der Waals surface area contributed by atoms with Gasteiger partial charge < -0.3 is 14.3 Å². The Hall–Kier alpha value is -3.00. The summed E-state index contributed by atoms with van der Waals surface area (Å²) in [5.74, 6) is 0.657. The summed E-state index contributed by atoms with van der Waals surface area (Å²) >= 11 is 3.44. The molecular formula is C23H23BrN4O3. The van der Waals surface area contributed by atoms with Crippen LogP contribution in [0.4, 0.5) is 0 Å². The first kappa shape index (κ1) is 21.2. The Labute approximate surface area is 189 Å². The molecule has 0 unspecified atom stereocenters. The quantitative estimate of drug-likeness (QED) is 0.565. The molecule has 1 aromatic heterocycles. The number of nitrogens with zero attached hydrogens (tertiary/aromatic N) is 4. The Kier molecular flexibility index (Phi) is 6.18. The predicted molar refractivity (Wildman–Crippen MR) is 119 cm³/mol. The van der Waals surface area contributed by atoms with Gasteiger partial charge in [-0.3, -0.25) is 9.59 Å². The number of rotatable bonds is 4. The zero-order valence-electron chi connectivity index (χ0n) is 17.4. The van der Waals surface area contributed by atoms with Crippen LogP contribution in [-0.4, -0.2) is 57.4 Å². The van der Waals surface area contributed by atoms with Gasteiger partial charge >= 0.3 is 0 Å². The van der Waals surface area contributed by atoms with E-state index in [2.05, 4.69) is 26.1 Å². The number of hydrogen-bond acceptors (Lipinski definition) is 5. The number of amides is 2. The standard InChI is InChI=1S/C23H23BrN4O3/c1-15-7-9-17(10-8-15)22-25-20(26-31-22)13-21(29)27-11-12-28(16(2)14-27)23(30)18-5-3-4-6-19(18)24/h3-10,16H,11-14H2,1-2H3/t16-/m0/s1. The van der Waals surface area contributed by atoms with E-state index in [-0.39, 0.29) is 24.3 Å². The molecule has 8 heteroatoms. The second-order valence-electron chi connectivity index (χ2n) is 7.73. The highest BCUT2D eigenvalue weighted by atomic mass is 79.9. The molecule has 0 spiro atoms. The highest BCUT2D eigenvalue weighted by Gasteiger charge is 2.31. The van der Waals surface area contributed by atoms with E-state index in [1.54, 1.807) is 11.0 Å². The third-order valence-corrected chi connectivity index (χ3v) is 6.11. The topological polar surface area (TPSA) is 79.5 Å². The average Bonchev–Trinajstić information content (AvgIpc) is 3.22. The first-order valence-electron chi connectivity index (χ1n) is 10.2. The van der Waals surface area contributed by atoms with Crippen molar-refractivity contribution in [3.63, 3.8) is 0 Å². The summed E-state index contributed by atoms with van der Waals surface area (Å²) in [6, 6.07) is 15.1. The van der Waals surface area contributed by atoms with Crippen LogP contribution in [0.25, 0.3) is 11.5 Å². The molecule has 3 aromatic rings. The van der Waals surface area contributed by atoms with E-state index < -0.39 is 0 Å². The minimum Gasteiger partial charge on any atom is -0.338 e. The summed E-state index contributed by atoms with van der Waals surface area (Å²) in [6.07, 6.45) is 0.0697. The van der Waals surface area contributed by atoms with Crippen LogP contribution in [0.15, 0.2) is 57.5 Å². The van der Waals surface area contributed by atoms with Crippen LogP contribution in [0, 0.1) is 6.92 Å². The van der Waals surface area contributed by atoms with Crippen LogP contribution in [0.3, 0.4) is 0 Å². The van der Waals surface area contributed by atoms with Crippen molar-refractivity contribution < 1.29 is 14.1 Å². The van der Waals surface area contributed by atoms with Crippen LogP contribution >= 0.6 is 15.9 Å². The fraction of sp³-hybridized carbons (Fsp3) is 0.304. The van der Waals surface area contributed by atoms with E-state index in [4.69, 9.17) is 4.52 Å². The third kappa shape index (κ3) is 4.69. The van der Waals surface area contributed by atoms with E-state index in [0.717, 1.165) is 15.6 Å². The van der Waals surface area contributed by atoms with E-state index in [1.807, 2.05) is 61.2 Å². The Bertz CT molecular complexity index is 1100. The number of aryl methyl sites for hydroxylation is 1. The summed E-state index contributed by atoms with van der Waals surface area (Å²) in [4.78, 5) is 33.6. The monoisotopic (exact) mass is 482 g/mol. The number of piperazine rings is 1. The molecule has 160 valence electrons. The molecule has 2 aromatic carbocycles. The molecule has 0 aliphatic carbocycles. The highest BCUT2D eigenvalue weighted by molar-refractivity contribution is 9.10. The molecule has 7 nitrogen and oxygen atoms in total. The Balaban J connectivity index is 1.37. The maximum absolute atomic E-state index is 12.9. The van der Waals surface area contributed by atoms with Gasteiger partial charge in [-0.15, -0.1) is 0 Å². The molecule has 0 saturated carbocycles. The van der Waals surface area contributed by atoms with Crippen LogP contribution in [-0.2, 0) is 11.2 Å². The number of carbonyl (C=O) groups excluding carboxylic acids is 2. The fourth-order valence-corrected chi connectivity index (χ4v) is 4.12. The van der Waals surface area contributed by atoms with Crippen molar-refractivity contribution in [3.05, 3.63) is 70.0 Å². The van der Waals surface area contributed by atoms with Gasteiger partial charge in [-0.25, -0.2) is 0 Å².